The largest absolute Gasteiger partial charge is 0.469 e. The van der Waals surface area contributed by atoms with Crippen LogP contribution in [0, 0.1) is 5.92 Å². The lowest BCUT2D eigenvalue weighted by atomic mass is 10.0. The number of benzene rings is 1. The fourth-order valence-corrected chi connectivity index (χ4v) is 3.33. The van der Waals surface area contributed by atoms with Crippen LogP contribution in [0.3, 0.4) is 0 Å². The zero-order chi connectivity index (χ0) is 17.7. The summed E-state index contributed by atoms with van der Waals surface area (Å²) in [5.41, 5.74) is 1.30. The first-order chi connectivity index (χ1) is 12.1. The number of carbonyl (C=O) groups excluding carboxylic acids is 1. The number of aromatic nitrogens is 1. The lowest BCUT2D eigenvalue weighted by Gasteiger charge is -2.37. The Bertz CT molecular complexity index is 701. The number of rotatable bonds is 7. The van der Waals surface area contributed by atoms with Gasteiger partial charge in [-0.3, -0.25) is 4.79 Å². The van der Waals surface area contributed by atoms with Crippen LogP contribution in [0.15, 0.2) is 36.5 Å². The van der Waals surface area contributed by atoms with Crippen molar-refractivity contribution in [2.24, 2.45) is 5.92 Å². The van der Waals surface area contributed by atoms with Gasteiger partial charge in [0, 0.05) is 24.2 Å². The van der Waals surface area contributed by atoms with Crippen molar-refractivity contribution in [1.82, 2.24) is 4.57 Å². The van der Waals surface area contributed by atoms with E-state index in [1.54, 1.807) is 6.92 Å². The van der Waals surface area contributed by atoms with E-state index in [1.807, 2.05) is 0 Å². The topological polar surface area (TPSA) is 49.7 Å². The molecule has 3 rings (SSSR count). The summed E-state index contributed by atoms with van der Waals surface area (Å²) in [4.78, 5) is 11.4. The molecule has 1 aliphatic heterocycles. The number of fused-ring (bicyclic) bond motifs is 1. The van der Waals surface area contributed by atoms with Crippen LogP contribution in [0.25, 0.3) is 10.9 Å². The maximum atomic E-state index is 11.4. The van der Waals surface area contributed by atoms with E-state index in [2.05, 4.69) is 45.8 Å². The second-order valence-corrected chi connectivity index (χ2v) is 6.94. The Morgan fingerprint density at radius 2 is 2.00 bits per heavy atom. The van der Waals surface area contributed by atoms with Gasteiger partial charge in [0.25, 0.3) is 0 Å². The number of ether oxygens (including phenoxy) is 3. The van der Waals surface area contributed by atoms with Crippen LogP contribution in [0.1, 0.15) is 32.6 Å². The summed E-state index contributed by atoms with van der Waals surface area (Å²) >= 11 is 0. The number of para-hydroxylation sites is 1. The molecule has 5 heteroatoms. The summed E-state index contributed by atoms with van der Waals surface area (Å²) in [5.74, 6) is -0.750. The first kappa shape index (κ1) is 18.0. The molecule has 1 fully saturated rings. The Labute approximate surface area is 148 Å². The van der Waals surface area contributed by atoms with Crippen LogP contribution in [0.2, 0.25) is 0 Å². The van der Waals surface area contributed by atoms with Crippen LogP contribution in [-0.4, -0.2) is 36.6 Å². The first-order valence-electron chi connectivity index (χ1n) is 8.98. The van der Waals surface area contributed by atoms with Gasteiger partial charge in [-0.1, -0.05) is 24.6 Å². The second-order valence-electron chi connectivity index (χ2n) is 6.94. The average molecular weight is 345 g/mol. The molecular formula is C20H27NO4. The summed E-state index contributed by atoms with van der Waals surface area (Å²) in [6, 6.07) is 10.6. The highest BCUT2D eigenvalue weighted by molar-refractivity contribution is 5.79. The van der Waals surface area contributed by atoms with Crippen LogP contribution in [0.4, 0.5) is 0 Å². The number of nitrogens with zero attached hydrogens (tertiary/aromatic N) is 1. The van der Waals surface area contributed by atoms with Gasteiger partial charge in [0.15, 0.2) is 5.79 Å². The fraction of sp³-hybridized carbons (Fsp3) is 0.550. The molecule has 2 aromatic rings. The fourth-order valence-electron chi connectivity index (χ4n) is 3.33. The number of esters is 1. The molecule has 5 nitrogen and oxygen atoms in total. The van der Waals surface area contributed by atoms with Crippen LogP contribution in [-0.2, 0) is 25.5 Å². The Kier molecular flexibility index (Phi) is 5.76. The molecule has 0 unspecified atom stereocenters. The van der Waals surface area contributed by atoms with E-state index in [9.17, 15) is 4.79 Å². The number of hydrogen-bond donors (Lipinski definition) is 0. The molecular weight excluding hydrogens is 318 g/mol. The zero-order valence-electron chi connectivity index (χ0n) is 15.1. The van der Waals surface area contributed by atoms with Crippen molar-refractivity contribution in [3.8, 4) is 0 Å². The summed E-state index contributed by atoms with van der Waals surface area (Å²) in [7, 11) is 1.38. The molecule has 2 heterocycles. The predicted molar refractivity (Wildman–Crippen MR) is 96.2 cm³/mol. The number of carbonyl (C=O) groups is 1. The Balaban J connectivity index is 1.38. The molecule has 1 aromatic heterocycles. The van der Waals surface area contributed by atoms with Gasteiger partial charge < -0.3 is 18.8 Å². The van der Waals surface area contributed by atoms with Gasteiger partial charge in [-0.15, -0.1) is 0 Å². The van der Waals surface area contributed by atoms with E-state index >= 15 is 0 Å². The molecule has 1 aliphatic rings. The number of methoxy groups -OCH3 is 1. The lowest BCUT2D eigenvalue weighted by molar-refractivity contribution is -0.275. The molecule has 0 spiro atoms. The van der Waals surface area contributed by atoms with Crippen LogP contribution in [0.5, 0.6) is 0 Å². The molecule has 0 amide bonds. The van der Waals surface area contributed by atoms with Crippen molar-refractivity contribution >= 4 is 16.9 Å². The molecule has 136 valence electrons. The van der Waals surface area contributed by atoms with E-state index in [0.29, 0.717) is 19.1 Å². The zero-order valence-corrected chi connectivity index (χ0v) is 15.1. The van der Waals surface area contributed by atoms with E-state index in [4.69, 9.17) is 9.47 Å². The van der Waals surface area contributed by atoms with E-state index in [-0.39, 0.29) is 12.4 Å². The number of hydrogen-bond acceptors (Lipinski definition) is 4. The molecule has 0 N–H and O–H groups in total. The van der Waals surface area contributed by atoms with Gasteiger partial charge in [-0.2, -0.15) is 0 Å². The number of unbranched alkanes of at least 4 members (excludes halogenated alkanes) is 1. The molecule has 0 bridgehead atoms. The highest BCUT2D eigenvalue weighted by atomic mass is 16.7. The third-order valence-electron chi connectivity index (χ3n) is 4.88. The molecule has 1 saturated heterocycles. The molecule has 0 radical (unpaired) electrons. The van der Waals surface area contributed by atoms with Crippen LogP contribution < -0.4 is 0 Å². The van der Waals surface area contributed by atoms with E-state index in [0.717, 1.165) is 25.8 Å². The van der Waals surface area contributed by atoms with Gasteiger partial charge in [-0.05, 0) is 37.3 Å². The monoisotopic (exact) mass is 345 g/mol. The minimum atomic E-state index is -0.840. The summed E-state index contributed by atoms with van der Waals surface area (Å²) < 4.78 is 18.6. The number of aryl methyl sites for hydroxylation is 1. The second kappa shape index (κ2) is 8.02. The third kappa shape index (κ3) is 4.61. The standard InChI is InChI=1S/C20H27NO4/c1-20(13-19(22)23-2)24-14-16(15-25-20)7-5-6-11-21-12-10-17-8-3-4-9-18(17)21/h3-4,8-10,12,16H,5-7,11,13-15H2,1-2H3. The quantitative estimate of drug-likeness (QED) is 0.566. The van der Waals surface area contributed by atoms with Crippen molar-refractivity contribution in [3.63, 3.8) is 0 Å². The van der Waals surface area contributed by atoms with Gasteiger partial charge >= 0.3 is 5.97 Å². The molecule has 0 saturated carbocycles. The minimum absolute atomic E-state index is 0.136. The summed E-state index contributed by atoms with van der Waals surface area (Å²) in [5, 5.41) is 1.29. The molecule has 25 heavy (non-hydrogen) atoms. The van der Waals surface area contributed by atoms with Crippen molar-refractivity contribution in [1.29, 1.82) is 0 Å². The average Bonchev–Trinajstić information content (AvgIpc) is 3.03. The van der Waals surface area contributed by atoms with Gasteiger partial charge in [0.1, 0.15) is 0 Å². The van der Waals surface area contributed by atoms with Gasteiger partial charge in [-0.25, -0.2) is 0 Å². The van der Waals surface area contributed by atoms with Gasteiger partial charge in [0.05, 0.1) is 26.7 Å². The summed E-state index contributed by atoms with van der Waals surface area (Å²) in [6.07, 6.45) is 5.65. The SMILES string of the molecule is COC(=O)CC1(C)OCC(CCCCn2ccc3ccccc32)CO1. The van der Waals surface area contributed by atoms with Crippen LogP contribution >= 0.6 is 0 Å². The minimum Gasteiger partial charge on any atom is -0.469 e. The van der Waals surface area contributed by atoms with Crippen molar-refractivity contribution in [3.05, 3.63) is 36.5 Å². The van der Waals surface area contributed by atoms with Crippen molar-refractivity contribution in [2.75, 3.05) is 20.3 Å². The van der Waals surface area contributed by atoms with Gasteiger partial charge in [0.2, 0.25) is 0 Å². The van der Waals surface area contributed by atoms with Crippen molar-refractivity contribution in [2.45, 2.75) is 44.9 Å². The van der Waals surface area contributed by atoms with Crippen molar-refractivity contribution < 1.29 is 19.0 Å². The van der Waals surface area contributed by atoms with E-state index in [1.165, 1.54) is 18.0 Å². The first-order valence-corrected chi connectivity index (χ1v) is 8.98. The highest BCUT2D eigenvalue weighted by Crippen LogP contribution is 2.27. The molecule has 1 aromatic carbocycles. The maximum Gasteiger partial charge on any atom is 0.310 e. The smallest absolute Gasteiger partial charge is 0.310 e. The Morgan fingerprint density at radius 1 is 1.24 bits per heavy atom. The Morgan fingerprint density at radius 3 is 2.76 bits per heavy atom. The normalized spacial score (nSPS) is 23.7. The highest BCUT2D eigenvalue weighted by Gasteiger charge is 2.35. The summed E-state index contributed by atoms with van der Waals surface area (Å²) in [6.45, 7) is 4.11. The Hall–Kier alpha value is -1.85. The predicted octanol–water partition coefficient (Wildman–Crippen LogP) is 3.75. The third-order valence-corrected chi connectivity index (χ3v) is 4.88. The molecule has 0 atom stereocenters. The van der Waals surface area contributed by atoms with E-state index < -0.39 is 5.79 Å². The maximum absolute atomic E-state index is 11.4. The molecule has 0 aliphatic carbocycles. The lowest BCUT2D eigenvalue weighted by Crippen LogP contribution is -2.43.